The van der Waals surface area contributed by atoms with Crippen LogP contribution in [-0.2, 0) is 0 Å². The molecule has 614 valence electrons. The van der Waals surface area contributed by atoms with Crippen LogP contribution in [0.3, 0.4) is 0 Å². The van der Waals surface area contributed by atoms with Crippen LogP contribution in [0.2, 0.25) is 0 Å². The van der Waals surface area contributed by atoms with E-state index in [0.29, 0.717) is 5.56 Å². The lowest BCUT2D eigenvalue weighted by Gasteiger charge is -2.25. The topological polar surface area (TPSA) is 131 Å². The van der Waals surface area contributed by atoms with Crippen LogP contribution in [0, 0.1) is 11.3 Å². The van der Waals surface area contributed by atoms with Crippen molar-refractivity contribution in [3.63, 3.8) is 0 Å². The molecule has 0 radical (unpaired) electrons. The Morgan fingerprint density at radius 1 is 0.235 bits per heavy atom. The van der Waals surface area contributed by atoms with E-state index in [1.807, 2.05) is 128 Å². The fourth-order valence-electron chi connectivity index (χ4n) is 20.6. The van der Waals surface area contributed by atoms with Crippen molar-refractivity contribution < 1.29 is 14.2 Å². The quantitative estimate of drug-likeness (QED) is 0.130. The summed E-state index contributed by atoms with van der Waals surface area (Å²) in [4.78, 5) is 24.6. The number of rotatable bonds is 9. The zero-order valence-corrected chi connectivity index (χ0v) is 70.7. The molecular weight excluding hydrogens is 1620 g/mol. The maximum Gasteiger partial charge on any atom is 0.159 e. The van der Waals surface area contributed by atoms with E-state index in [-0.39, 0.29) is 0 Å². The van der Waals surface area contributed by atoms with Gasteiger partial charge in [0.05, 0.1) is 50.8 Å². The summed E-state index contributed by atoms with van der Waals surface area (Å²) >= 11 is 0. The van der Waals surface area contributed by atoms with Gasteiger partial charge in [-0.15, -0.1) is 0 Å². The SMILES string of the molecule is N#Cc1ccc(-c2c3ccccc3c(-c3cccc4c3Oc3cccc5nc(-c6ccccc6)n-4c35)c3ccccc23)cc1.c1ccc(-c2nc3cccc4c3n2-c2cccc(-c3c5ccccc5c(-c5cccc6cccnc56)c5ccccc35)c2O4)cc1.c1ccc(-c2nc3cccc4c3n2-c2cccc(-c3c5ccccc5c(-c5cccnc5)c5ccccc35)c2O4)cc1. The minimum Gasteiger partial charge on any atom is -0.452 e. The number of hydrogen-bond acceptors (Lipinski definition) is 9. The first-order chi connectivity index (χ1) is 65.5. The van der Waals surface area contributed by atoms with Crippen molar-refractivity contribution in [3.05, 3.63) is 437 Å². The van der Waals surface area contributed by atoms with E-state index in [1.165, 1.54) is 54.2 Å². The largest absolute Gasteiger partial charge is 0.452 e. The number of para-hydroxylation sites is 7. The smallest absolute Gasteiger partial charge is 0.159 e. The van der Waals surface area contributed by atoms with Gasteiger partial charge in [-0.1, -0.05) is 334 Å². The molecule has 0 spiro atoms. The van der Waals surface area contributed by atoms with Crippen LogP contribution in [0.4, 0.5) is 0 Å². The molecule has 28 rings (SSSR count). The molecule has 0 aliphatic carbocycles. The van der Waals surface area contributed by atoms with Crippen LogP contribution in [0.25, 0.3) is 227 Å². The van der Waals surface area contributed by atoms with Crippen molar-refractivity contribution >= 4 is 109 Å². The van der Waals surface area contributed by atoms with Gasteiger partial charge in [0.2, 0.25) is 0 Å². The molecule has 25 aromatic rings. The Bertz CT molecular complexity index is 8960. The zero-order valence-electron chi connectivity index (χ0n) is 70.7. The Labute approximate surface area is 756 Å². The van der Waals surface area contributed by atoms with E-state index in [1.54, 1.807) is 0 Å². The summed E-state index contributed by atoms with van der Waals surface area (Å²) in [7, 11) is 0. The molecule has 0 atom stereocenters. The van der Waals surface area contributed by atoms with Crippen LogP contribution < -0.4 is 14.2 Å². The summed E-state index contributed by atoms with van der Waals surface area (Å²) in [5.41, 5.74) is 26.8. The molecule has 8 heterocycles. The third-order valence-electron chi connectivity index (χ3n) is 26.1. The molecule has 12 nitrogen and oxygen atoms in total. The molecule has 0 fully saturated rings. The monoisotopic (exact) mass is 1690 g/mol. The Morgan fingerprint density at radius 2 is 0.530 bits per heavy atom. The number of nitrogens with zero attached hydrogens (tertiary/aromatic N) is 9. The lowest BCUT2D eigenvalue weighted by Crippen LogP contribution is -2.07. The average molecular weight is 1690 g/mol. The number of hydrogen-bond donors (Lipinski definition) is 0. The lowest BCUT2D eigenvalue weighted by atomic mass is 9.85. The highest BCUT2D eigenvalue weighted by molar-refractivity contribution is 6.26. The highest BCUT2D eigenvalue weighted by Gasteiger charge is 2.34. The van der Waals surface area contributed by atoms with Gasteiger partial charge in [-0.3, -0.25) is 23.7 Å². The fourth-order valence-corrected chi connectivity index (χ4v) is 20.6. The summed E-state index contributed by atoms with van der Waals surface area (Å²) in [5, 5.41) is 24.5. The third kappa shape index (κ3) is 11.8. The maximum absolute atomic E-state index is 9.41. The van der Waals surface area contributed by atoms with Crippen molar-refractivity contribution in [2.45, 2.75) is 0 Å². The molecule has 0 amide bonds. The summed E-state index contributed by atoms with van der Waals surface area (Å²) in [6.45, 7) is 0. The van der Waals surface area contributed by atoms with Crippen molar-refractivity contribution in [2.24, 2.45) is 0 Å². The molecule has 3 aliphatic heterocycles. The number of ether oxygens (including phenoxy) is 3. The minimum absolute atomic E-state index is 0.649. The van der Waals surface area contributed by atoms with Gasteiger partial charge in [-0.25, -0.2) is 15.0 Å². The van der Waals surface area contributed by atoms with Crippen LogP contribution in [0.1, 0.15) is 5.56 Å². The molecular formula is C120H71N9O3. The van der Waals surface area contributed by atoms with Gasteiger partial charge in [-0.2, -0.15) is 5.26 Å². The molecule has 0 saturated carbocycles. The van der Waals surface area contributed by atoms with Gasteiger partial charge in [0.25, 0.3) is 0 Å². The van der Waals surface area contributed by atoms with E-state index in [2.05, 4.69) is 328 Å². The number of nitriles is 1. The van der Waals surface area contributed by atoms with Crippen LogP contribution >= 0.6 is 0 Å². The van der Waals surface area contributed by atoms with Gasteiger partial charge in [0, 0.05) is 85.2 Å². The lowest BCUT2D eigenvalue weighted by molar-refractivity contribution is 0.477. The van der Waals surface area contributed by atoms with Crippen molar-refractivity contribution in [2.75, 3.05) is 0 Å². The van der Waals surface area contributed by atoms with Gasteiger partial charge >= 0.3 is 0 Å². The molecule has 5 aromatic heterocycles. The minimum atomic E-state index is 0.649. The van der Waals surface area contributed by atoms with Crippen LogP contribution in [0.15, 0.2) is 431 Å². The fraction of sp³-hybridized carbons (Fsp3) is 0. The first-order valence-electron chi connectivity index (χ1n) is 44.2. The Kier molecular flexibility index (Phi) is 17.4. The number of benzene rings is 20. The van der Waals surface area contributed by atoms with Gasteiger partial charge in [0.1, 0.15) is 34.0 Å². The summed E-state index contributed by atoms with van der Waals surface area (Å²) in [6, 6.07) is 146. The van der Waals surface area contributed by atoms with Gasteiger partial charge in [0.15, 0.2) is 34.5 Å². The predicted molar refractivity (Wildman–Crippen MR) is 535 cm³/mol. The number of imidazole rings is 3. The van der Waals surface area contributed by atoms with Crippen molar-refractivity contribution in [1.82, 2.24) is 38.6 Å². The zero-order chi connectivity index (χ0) is 87.0. The van der Waals surface area contributed by atoms with E-state index in [4.69, 9.17) is 34.1 Å². The number of aromatic nitrogens is 8. The molecule has 0 saturated heterocycles. The number of fused-ring (bicyclic) bond motifs is 13. The third-order valence-corrected chi connectivity index (χ3v) is 26.1. The highest BCUT2D eigenvalue weighted by atomic mass is 16.5. The molecule has 12 heteroatoms. The highest BCUT2D eigenvalue weighted by Crippen LogP contribution is 2.57. The Balaban J connectivity index is 0.000000104. The second-order valence-electron chi connectivity index (χ2n) is 33.4. The second kappa shape index (κ2) is 30.6. The number of pyridine rings is 2. The van der Waals surface area contributed by atoms with Gasteiger partial charge in [-0.05, 0) is 166 Å². The Morgan fingerprint density at radius 3 is 0.879 bits per heavy atom. The molecule has 3 aliphatic rings. The maximum atomic E-state index is 9.41. The van der Waals surface area contributed by atoms with Crippen molar-refractivity contribution in [3.8, 4) is 159 Å². The standard InChI is InChI=1S/C42H25N3O.C40H23N3O.C38H23N3O/c1-2-12-27(13-3-1)42-44-34-22-10-24-36-40(34)45(42)35-23-9-21-33(41(35)46-36)38-30-18-6-4-16-28(30)37(29-17-5-7-19-31(29)38)32-20-8-14-26-15-11-25-43-39(26)32;41-24-25-20-22-26(23-21-25)36-28-12-4-6-14-30(28)37(31-15-7-5-13-29(31)36)32-16-8-18-34-39(32)44-35-19-9-17-33-38(35)43(34)40(42-33)27-10-2-1-3-11-27;1-2-11-24(12-3-1)38-40-31-19-9-21-33-36(31)41(38)32-20-8-18-30(37(32)42-33)35-28-16-6-4-14-26(28)34(25-13-10-22-39-23-25)27-15-5-7-17-29(27)35/h1-25H;1-23H;1-23H. The summed E-state index contributed by atoms with van der Waals surface area (Å²) < 4.78 is 27.3. The van der Waals surface area contributed by atoms with Crippen molar-refractivity contribution in [1.29, 1.82) is 5.26 Å². The van der Waals surface area contributed by atoms with Crippen LogP contribution in [-0.4, -0.2) is 38.6 Å². The predicted octanol–water partition coefficient (Wildman–Crippen LogP) is 31.1. The van der Waals surface area contributed by atoms with E-state index >= 15 is 0 Å². The molecule has 20 aromatic carbocycles. The average Bonchev–Trinajstić information content (AvgIpc) is 1.37. The normalized spacial score (nSPS) is 12.0. The van der Waals surface area contributed by atoms with E-state index in [0.717, 1.165) is 207 Å². The van der Waals surface area contributed by atoms with E-state index in [9.17, 15) is 5.26 Å². The van der Waals surface area contributed by atoms with Crippen LogP contribution in [0.5, 0.6) is 34.5 Å². The second-order valence-corrected chi connectivity index (χ2v) is 33.4. The molecule has 132 heavy (non-hydrogen) atoms. The summed E-state index contributed by atoms with van der Waals surface area (Å²) in [6.07, 6.45) is 5.66. The van der Waals surface area contributed by atoms with E-state index < -0.39 is 0 Å². The molecule has 0 N–H and O–H groups in total. The van der Waals surface area contributed by atoms with Gasteiger partial charge < -0.3 is 14.2 Å². The first kappa shape index (κ1) is 75.2. The first-order valence-corrected chi connectivity index (χ1v) is 44.2. The molecule has 0 unspecified atom stereocenters. The summed E-state index contributed by atoms with van der Waals surface area (Å²) in [5.74, 6) is 7.57. The Hall–Kier alpha value is -18.2. The molecule has 0 bridgehead atoms.